The molecule has 0 atom stereocenters. The number of para-hydroxylation sites is 2. The van der Waals surface area contributed by atoms with Gasteiger partial charge in [0.15, 0.2) is 0 Å². The summed E-state index contributed by atoms with van der Waals surface area (Å²) in [7, 11) is 0. The van der Waals surface area contributed by atoms with Gasteiger partial charge in [-0.15, -0.1) is 22.7 Å². The summed E-state index contributed by atoms with van der Waals surface area (Å²) in [6.07, 6.45) is 1.11. The molecule has 2 aromatic heterocycles. The van der Waals surface area contributed by atoms with E-state index < -0.39 is 0 Å². The molecule has 4 rings (SSSR count). The average Bonchev–Trinajstić information content (AvgIpc) is 3.11. The Morgan fingerprint density at radius 3 is 1.71 bits per heavy atom. The maximum absolute atomic E-state index is 9.65. The molecular formula is C16H10N2OS2. The Labute approximate surface area is 128 Å². The molecule has 4 aromatic rings. The van der Waals surface area contributed by atoms with Crippen molar-refractivity contribution < 1.29 is 5.11 Å². The Morgan fingerprint density at radius 2 is 1.29 bits per heavy atom. The van der Waals surface area contributed by atoms with E-state index in [1.165, 1.54) is 0 Å². The molecule has 0 bridgehead atoms. The van der Waals surface area contributed by atoms with Crippen LogP contribution in [-0.4, -0.2) is 15.1 Å². The second-order valence-electron chi connectivity index (χ2n) is 4.52. The maximum Gasteiger partial charge on any atom is 0.130 e. The summed E-state index contributed by atoms with van der Waals surface area (Å²) < 4.78 is 2.21. The van der Waals surface area contributed by atoms with Crippen LogP contribution in [0, 0.1) is 0 Å². The Hall–Kier alpha value is -2.24. The van der Waals surface area contributed by atoms with E-state index in [1.807, 2.05) is 48.5 Å². The fourth-order valence-electron chi connectivity index (χ4n) is 2.18. The third-order valence-corrected chi connectivity index (χ3v) is 5.32. The van der Waals surface area contributed by atoms with Crippen LogP contribution in [0.5, 0.6) is 0 Å². The first-order valence-corrected chi connectivity index (χ1v) is 8.05. The molecule has 21 heavy (non-hydrogen) atoms. The highest BCUT2D eigenvalue weighted by Gasteiger charge is 2.15. The van der Waals surface area contributed by atoms with E-state index in [-0.39, 0.29) is 0 Å². The van der Waals surface area contributed by atoms with Crippen molar-refractivity contribution in [1.82, 2.24) is 9.97 Å². The van der Waals surface area contributed by atoms with Gasteiger partial charge >= 0.3 is 0 Å². The van der Waals surface area contributed by atoms with E-state index in [0.717, 1.165) is 36.7 Å². The number of benzene rings is 2. The lowest BCUT2D eigenvalue weighted by atomic mass is 10.3. The topological polar surface area (TPSA) is 46.0 Å². The van der Waals surface area contributed by atoms with E-state index in [0.29, 0.717) is 5.57 Å². The summed E-state index contributed by atoms with van der Waals surface area (Å²) in [5.41, 5.74) is 2.56. The standard InChI is InChI=1S/C16H10N2OS2/c19-9-10(15-17-11-5-1-3-7-13(11)20-15)16-18-12-6-2-4-8-14(12)21-16/h1-9,19H. The van der Waals surface area contributed by atoms with Gasteiger partial charge in [-0.1, -0.05) is 24.3 Å². The maximum atomic E-state index is 9.65. The largest absolute Gasteiger partial charge is 0.515 e. The first-order valence-electron chi connectivity index (χ1n) is 6.41. The van der Waals surface area contributed by atoms with Gasteiger partial charge in [-0.3, -0.25) is 0 Å². The molecule has 0 saturated heterocycles. The first kappa shape index (κ1) is 12.5. The number of hydrogen-bond donors (Lipinski definition) is 1. The van der Waals surface area contributed by atoms with Crippen molar-refractivity contribution >= 4 is 48.7 Å². The summed E-state index contributed by atoms with van der Waals surface area (Å²) in [5.74, 6) is 0. The van der Waals surface area contributed by atoms with Gasteiger partial charge < -0.3 is 5.11 Å². The van der Waals surface area contributed by atoms with Crippen molar-refractivity contribution in [3.8, 4) is 0 Å². The molecule has 0 aliphatic rings. The van der Waals surface area contributed by atoms with E-state index in [4.69, 9.17) is 0 Å². The lowest BCUT2D eigenvalue weighted by molar-refractivity contribution is 0.476. The van der Waals surface area contributed by atoms with Gasteiger partial charge in [-0.25, -0.2) is 9.97 Å². The zero-order valence-corrected chi connectivity index (χ0v) is 12.5. The smallest absolute Gasteiger partial charge is 0.130 e. The van der Waals surface area contributed by atoms with Crippen molar-refractivity contribution in [3.05, 3.63) is 64.8 Å². The minimum Gasteiger partial charge on any atom is -0.515 e. The molecule has 0 radical (unpaired) electrons. The molecule has 2 heterocycles. The lowest BCUT2D eigenvalue weighted by Gasteiger charge is -1.95. The number of aliphatic hydroxyl groups is 1. The van der Waals surface area contributed by atoms with Crippen LogP contribution in [0.3, 0.4) is 0 Å². The fraction of sp³-hybridized carbons (Fsp3) is 0. The summed E-state index contributed by atoms with van der Waals surface area (Å²) in [5, 5.41) is 11.2. The van der Waals surface area contributed by atoms with Gasteiger partial charge in [0.05, 0.1) is 32.3 Å². The van der Waals surface area contributed by atoms with Crippen molar-refractivity contribution in [3.63, 3.8) is 0 Å². The average molecular weight is 310 g/mol. The predicted molar refractivity (Wildman–Crippen MR) is 88.9 cm³/mol. The summed E-state index contributed by atoms with van der Waals surface area (Å²) in [6, 6.07) is 15.9. The first-order chi connectivity index (χ1) is 10.3. The normalized spacial score (nSPS) is 11.0. The van der Waals surface area contributed by atoms with E-state index in [1.54, 1.807) is 22.7 Å². The van der Waals surface area contributed by atoms with Crippen molar-refractivity contribution in [2.24, 2.45) is 0 Å². The number of thiazole rings is 2. The minimum absolute atomic E-state index is 0.678. The SMILES string of the molecule is OC=C(c1nc2ccccc2s1)c1nc2ccccc2s1. The van der Waals surface area contributed by atoms with Crippen molar-refractivity contribution in [2.75, 3.05) is 0 Å². The number of fused-ring (bicyclic) bond motifs is 2. The van der Waals surface area contributed by atoms with Crippen LogP contribution in [0.25, 0.3) is 26.0 Å². The van der Waals surface area contributed by atoms with Gasteiger partial charge in [0.1, 0.15) is 10.0 Å². The van der Waals surface area contributed by atoms with Crippen LogP contribution >= 0.6 is 22.7 Å². The van der Waals surface area contributed by atoms with Crippen LogP contribution < -0.4 is 0 Å². The van der Waals surface area contributed by atoms with Crippen LogP contribution in [0.2, 0.25) is 0 Å². The summed E-state index contributed by atoms with van der Waals surface area (Å²) in [6.45, 7) is 0. The highest BCUT2D eigenvalue weighted by atomic mass is 32.1. The highest BCUT2D eigenvalue weighted by Crippen LogP contribution is 2.34. The third kappa shape index (κ3) is 2.11. The second kappa shape index (κ2) is 4.95. The lowest BCUT2D eigenvalue weighted by Crippen LogP contribution is -1.85. The van der Waals surface area contributed by atoms with E-state index in [2.05, 4.69) is 9.97 Å². The fourth-order valence-corrected chi connectivity index (χ4v) is 4.19. The Balaban J connectivity index is 1.87. The van der Waals surface area contributed by atoms with Gasteiger partial charge in [0, 0.05) is 0 Å². The Morgan fingerprint density at radius 1 is 0.810 bits per heavy atom. The Bertz CT molecular complexity index is 826. The molecule has 0 unspecified atom stereocenters. The van der Waals surface area contributed by atoms with Crippen molar-refractivity contribution in [1.29, 1.82) is 0 Å². The molecule has 1 N–H and O–H groups in total. The number of aliphatic hydroxyl groups excluding tert-OH is 1. The molecule has 2 aromatic carbocycles. The van der Waals surface area contributed by atoms with Gasteiger partial charge in [-0.05, 0) is 24.3 Å². The zero-order valence-electron chi connectivity index (χ0n) is 10.9. The molecule has 102 valence electrons. The van der Waals surface area contributed by atoms with Crippen LogP contribution in [0.15, 0.2) is 54.8 Å². The number of hydrogen-bond acceptors (Lipinski definition) is 5. The quantitative estimate of drug-likeness (QED) is 0.538. The summed E-state index contributed by atoms with van der Waals surface area (Å²) in [4.78, 5) is 9.17. The summed E-state index contributed by atoms with van der Waals surface area (Å²) >= 11 is 3.12. The van der Waals surface area contributed by atoms with Crippen molar-refractivity contribution in [2.45, 2.75) is 0 Å². The molecule has 3 nitrogen and oxygen atoms in total. The third-order valence-electron chi connectivity index (χ3n) is 3.18. The number of rotatable bonds is 2. The monoisotopic (exact) mass is 310 g/mol. The van der Waals surface area contributed by atoms with E-state index in [9.17, 15) is 5.11 Å². The molecule has 0 spiro atoms. The highest BCUT2D eigenvalue weighted by molar-refractivity contribution is 7.21. The van der Waals surface area contributed by atoms with E-state index >= 15 is 0 Å². The minimum atomic E-state index is 0.678. The van der Waals surface area contributed by atoms with Gasteiger partial charge in [-0.2, -0.15) is 0 Å². The number of nitrogens with zero attached hydrogens (tertiary/aromatic N) is 2. The van der Waals surface area contributed by atoms with Crippen LogP contribution in [0.1, 0.15) is 10.0 Å². The van der Waals surface area contributed by atoms with Gasteiger partial charge in [0.2, 0.25) is 0 Å². The number of aromatic nitrogens is 2. The molecule has 0 aliphatic heterocycles. The van der Waals surface area contributed by atoms with Gasteiger partial charge in [0.25, 0.3) is 0 Å². The molecule has 5 heteroatoms. The predicted octanol–water partition coefficient (Wildman–Crippen LogP) is 4.85. The van der Waals surface area contributed by atoms with Crippen LogP contribution in [-0.2, 0) is 0 Å². The molecule has 0 aliphatic carbocycles. The molecular weight excluding hydrogens is 300 g/mol. The molecule has 0 fully saturated rings. The second-order valence-corrected chi connectivity index (χ2v) is 6.58. The zero-order chi connectivity index (χ0) is 14.2. The van der Waals surface area contributed by atoms with Crippen LogP contribution in [0.4, 0.5) is 0 Å². The molecule has 0 saturated carbocycles. The molecule has 0 amide bonds. The Kier molecular flexibility index (Phi) is 2.94.